The molecule has 0 spiro atoms. The highest BCUT2D eigenvalue weighted by atomic mass is 79.9. The third kappa shape index (κ3) is 3.22. The maximum absolute atomic E-state index is 13.1. The van der Waals surface area contributed by atoms with Crippen molar-refractivity contribution in [3.8, 4) is 0 Å². The second-order valence-corrected chi connectivity index (χ2v) is 6.17. The minimum atomic E-state index is -0.253. The van der Waals surface area contributed by atoms with Crippen molar-refractivity contribution in [1.82, 2.24) is 0 Å². The van der Waals surface area contributed by atoms with Crippen molar-refractivity contribution in [2.75, 3.05) is 11.1 Å². The number of nitrogens with one attached hydrogen (secondary N) is 1. The smallest absolute Gasteiger partial charge is 0.161 e. The summed E-state index contributed by atoms with van der Waals surface area (Å²) in [5.41, 5.74) is 0.855. The largest absolute Gasteiger partial charge is 0.335 e. The molecule has 1 N–H and O–H groups in total. The van der Waals surface area contributed by atoms with Gasteiger partial charge in [0.2, 0.25) is 0 Å². The molecule has 1 heterocycles. The molecule has 0 fully saturated rings. The number of aliphatic imine (C=N–C) groups is 1. The van der Waals surface area contributed by atoms with Crippen LogP contribution in [0.5, 0.6) is 0 Å². The van der Waals surface area contributed by atoms with Gasteiger partial charge in [0.25, 0.3) is 0 Å². The van der Waals surface area contributed by atoms with Crippen molar-refractivity contribution < 1.29 is 4.39 Å². The number of anilines is 1. The number of rotatable bonds is 2. The molecular weight excluding hydrogens is 303 g/mol. The van der Waals surface area contributed by atoms with Gasteiger partial charge in [-0.1, -0.05) is 25.6 Å². The molecule has 0 saturated heterocycles. The monoisotopic (exact) mass is 316 g/mol. The van der Waals surface area contributed by atoms with Gasteiger partial charge in [0.1, 0.15) is 5.82 Å². The number of hydrogen-bond donors (Lipinski definition) is 1. The summed E-state index contributed by atoms with van der Waals surface area (Å²) in [5, 5.41) is 4.13. The molecule has 1 aromatic carbocycles. The van der Waals surface area contributed by atoms with E-state index in [-0.39, 0.29) is 5.82 Å². The summed E-state index contributed by atoms with van der Waals surface area (Å²) in [7, 11) is 0. The van der Waals surface area contributed by atoms with Gasteiger partial charge in [-0.25, -0.2) is 4.39 Å². The summed E-state index contributed by atoms with van der Waals surface area (Å²) in [5.74, 6) is 1.32. The first-order chi connectivity index (χ1) is 8.06. The average molecular weight is 317 g/mol. The van der Waals surface area contributed by atoms with Gasteiger partial charge in [-0.15, -0.1) is 0 Å². The highest BCUT2D eigenvalue weighted by Crippen LogP contribution is 2.26. The fourth-order valence-corrected chi connectivity index (χ4v) is 3.06. The minimum absolute atomic E-state index is 0.253. The second-order valence-electron chi connectivity index (χ2n) is 4.31. The Hall–Kier alpha value is -0.550. The van der Waals surface area contributed by atoms with Crippen LogP contribution in [0, 0.1) is 11.7 Å². The first kappa shape index (κ1) is 12.9. The predicted molar refractivity (Wildman–Crippen MR) is 76.2 cm³/mol. The second kappa shape index (κ2) is 5.40. The number of nitrogens with zero attached hydrogens (tertiary/aromatic N) is 1. The lowest BCUT2D eigenvalue weighted by atomic mass is 10.1. The van der Waals surface area contributed by atoms with E-state index < -0.39 is 0 Å². The number of benzene rings is 1. The SMILES string of the molecule is CC(C)C1CSC(Nc2ccc(F)c(Br)c2)=N1. The summed E-state index contributed by atoms with van der Waals surface area (Å²) >= 11 is 4.88. The lowest BCUT2D eigenvalue weighted by Crippen LogP contribution is -2.12. The molecule has 1 unspecified atom stereocenters. The van der Waals surface area contributed by atoms with E-state index in [0.717, 1.165) is 16.6 Å². The molecule has 1 aliphatic rings. The van der Waals surface area contributed by atoms with Gasteiger partial charge >= 0.3 is 0 Å². The van der Waals surface area contributed by atoms with Crippen LogP contribution in [0.25, 0.3) is 0 Å². The topological polar surface area (TPSA) is 24.4 Å². The molecule has 0 amide bonds. The van der Waals surface area contributed by atoms with E-state index in [2.05, 4.69) is 40.1 Å². The average Bonchev–Trinajstić information content (AvgIpc) is 2.72. The molecule has 2 rings (SSSR count). The first-order valence-corrected chi connectivity index (χ1v) is 7.27. The van der Waals surface area contributed by atoms with Gasteiger partial charge in [0.15, 0.2) is 5.17 Å². The Balaban J connectivity index is 2.06. The van der Waals surface area contributed by atoms with E-state index in [9.17, 15) is 4.39 Å². The summed E-state index contributed by atoms with van der Waals surface area (Å²) in [4.78, 5) is 4.59. The van der Waals surface area contributed by atoms with Gasteiger partial charge in [-0.2, -0.15) is 0 Å². The van der Waals surface area contributed by atoms with Gasteiger partial charge in [-0.05, 0) is 40.0 Å². The molecular formula is C12H14BrFN2S. The summed E-state index contributed by atoms with van der Waals surface area (Å²) in [6.07, 6.45) is 0. The molecule has 5 heteroatoms. The zero-order valence-corrected chi connectivity index (χ0v) is 12.1. The van der Waals surface area contributed by atoms with Crippen molar-refractivity contribution in [2.45, 2.75) is 19.9 Å². The molecule has 1 aromatic rings. The lowest BCUT2D eigenvalue weighted by molar-refractivity contribution is 0.543. The Morgan fingerprint density at radius 1 is 1.53 bits per heavy atom. The molecule has 1 atom stereocenters. The van der Waals surface area contributed by atoms with Crippen molar-refractivity contribution in [3.05, 3.63) is 28.5 Å². The van der Waals surface area contributed by atoms with Crippen LogP contribution in [0.3, 0.4) is 0 Å². The molecule has 0 radical (unpaired) electrons. The molecule has 17 heavy (non-hydrogen) atoms. The Kier molecular flexibility index (Phi) is 4.09. The zero-order valence-electron chi connectivity index (χ0n) is 9.71. The summed E-state index contributed by atoms with van der Waals surface area (Å²) in [6.45, 7) is 4.35. The van der Waals surface area contributed by atoms with Gasteiger partial charge in [0.05, 0.1) is 10.5 Å². The number of amidine groups is 1. The van der Waals surface area contributed by atoms with Crippen molar-refractivity contribution in [2.24, 2.45) is 10.9 Å². The van der Waals surface area contributed by atoms with Crippen molar-refractivity contribution >= 4 is 38.5 Å². The molecule has 0 aliphatic carbocycles. The molecule has 1 aliphatic heterocycles. The molecule has 92 valence electrons. The van der Waals surface area contributed by atoms with E-state index in [1.165, 1.54) is 6.07 Å². The summed E-state index contributed by atoms with van der Waals surface area (Å²) in [6, 6.07) is 5.26. The van der Waals surface area contributed by atoms with Crippen LogP contribution in [0.2, 0.25) is 0 Å². The summed E-state index contributed by atoms with van der Waals surface area (Å²) < 4.78 is 13.5. The molecule has 2 nitrogen and oxygen atoms in total. The Morgan fingerprint density at radius 2 is 2.29 bits per heavy atom. The quantitative estimate of drug-likeness (QED) is 0.887. The van der Waals surface area contributed by atoms with Gasteiger partial charge in [0, 0.05) is 11.4 Å². The normalized spacial score (nSPS) is 19.6. The third-order valence-corrected chi connectivity index (χ3v) is 4.21. The van der Waals surface area contributed by atoms with Crippen LogP contribution < -0.4 is 5.32 Å². The van der Waals surface area contributed by atoms with Crippen LogP contribution in [0.1, 0.15) is 13.8 Å². The van der Waals surface area contributed by atoms with E-state index in [1.54, 1.807) is 23.9 Å². The van der Waals surface area contributed by atoms with Gasteiger partial charge < -0.3 is 5.32 Å². The van der Waals surface area contributed by atoms with Crippen LogP contribution in [0.4, 0.5) is 10.1 Å². The van der Waals surface area contributed by atoms with Crippen LogP contribution in [-0.2, 0) is 0 Å². The minimum Gasteiger partial charge on any atom is -0.335 e. The zero-order chi connectivity index (χ0) is 12.4. The third-order valence-electron chi connectivity index (χ3n) is 2.61. The van der Waals surface area contributed by atoms with Crippen LogP contribution in [0.15, 0.2) is 27.7 Å². The molecule has 0 aromatic heterocycles. The maximum Gasteiger partial charge on any atom is 0.161 e. The number of thioether (sulfide) groups is 1. The van der Waals surface area contributed by atoms with Crippen molar-refractivity contribution in [3.63, 3.8) is 0 Å². The fourth-order valence-electron chi connectivity index (χ4n) is 1.50. The van der Waals surface area contributed by atoms with Gasteiger partial charge in [-0.3, -0.25) is 4.99 Å². The molecule has 0 saturated carbocycles. The highest BCUT2D eigenvalue weighted by Gasteiger charge is 2.21. The molecule has 0 bridgehead atoms. The highest BCUT2D eigenvalue weighted by molar-refractivity contribution is 9.10. The Labute approximate surface area is 113 Å². The lowest BCUT2D eigenvalue weighted by Gasteiger charge is -2.08. The fraction of sp³-hybridized carbons (Fsp3) is 0.417. The van der Waals surface area contributed by atoms with Crippen molar-refractivity contribution in [1.29, 1.82) is 0 Å². The Bertz CT molecular complexity index is 448. The maximum atomic E-state index is 13.1. The number of hydrogen-bond acceptors (Lipinski definition) is 3. The van der Waals surface area contributed by atoms with E-state index >= 15 is 0 Å². The first-order valence-electron chi connectivity index (χ1n) is 5.49. The Morgan fingerprint density at radius 3 is 2.88 bits per heavy atom. The number of halogens is 2. The predicted octanol–water partition coefficient (Wildman–Crippen LogP) is 4.13. The van der Waals surface area contributed by atoms with Crippen LogP contribution >= 0.6 is 27.7 Å². The van der Waals surface area contributed by atoms with Crippen LogP contribution in [-0.4, -0.2) is 17.0 Å². The van der Waals surface area contributed by atoms with E-state index in [0.29, 0.717) is 16.4 Å². The van der Waals surface area contributed by atoms with E-state index in [4.69, 9.17) is 0 Å². The standard InChI is InChI=1S/C12H14BrFN2S/c1-7(2)11-6-17-12(16-11)15-8-3-4-10(14)9(13)5-8/h3-5,7,11H,6H2,1-2H3,(H,15,16). The van der Waals surface area contributed by atoms with E-state index in [1.807, 2.05) is 0 Å².